The van der Waals surface area contributed by atoms with Crippen LogP contribution in [-0.4, -0.2) is 24.8 Å². The predicted octanol–water partition coefficient (Wildman–Crippen LogP) is 1.19. The lowest BCUT2D eigenvalue weighted by Crippen LogP contribution is -2.15. The van der Waals surface area contributed by atoms with Crippen LogP contribution in [0.25, 0.3) is 10.9 Å². The summed E-state index contributed by atoms with van der Waals surface area (Å²) >= 11 is 0. The summed E-state index contributed by atoms with van der Waals surface area (Å²) in [6.07, 6.45) is 0. The van der Waals surface area contributed by atoms with Crippen molar-refractivity contribution in [2.75, 3.05) is 13.8 Å². The van der Waals surface area contributed by atoms with E-state index in [0.717, 1.165) is 10.9 Å². The second-order valence-corrected chi connectivity index (χ2v) is 3.57. The first-order valence-corrected chi connectivity index (χ1v) is 5.08. The highest BCUT2D eigenvalue weighted by Crippen LogP contribution is 2.36. The molecule has 1 aromatic carbocycles. The summed E-state index contributed by atoms with van der Waals surface area (Å²) in [4.78, 5) is 19.1. The Hall–Kier alpha value is -2.21. The van der Waals surface area contributed by atoms with Gasteiger partial charge in [0, 0.05) is 18.5 Å². The number of hydroxylamine groups is 1. The summed E-state index contributed by atoms with van der Waals surface area (Å²) in [5.74, 6) is 0.892. The molecule has 0 saturated carbocycles. The molecular formula is C11H10N2O4. The van der Waals surface area contributed by atoms with Crippen molar-refractivity contribution in [1.29, 1.82) is 0 Å². The molecule has 2 aromatic rings. The number of fused-ring (bicyclic) bond motifs is 2. The molecule has 17 heavy (non-hydrogen) atoms. The van der Waals surface area contributed by atoms with Gasteiger partial charge in [-0.25, -0.2) is 4.79 Å². The highest BCUT2D eigenvalue weighted by Gasteiger charge is 2.17. The quantitative estimate of drug-likeness (QED) is 0.763. The topological polar surface area (TPSA) is 72.6 Å². The Morgan fingerprint density at radius 3 is 2.88 bits per heavy atom. The van der Waals surface area contributed by atoms with Crippen LogP contribution in [0.5, 0.6) is 11.5 Å². The highest BCUT2D eigenvalue weighted by molar-refractivity contribution is 5.95. The van der Waals surface area contributed by atoms with Gasteiger partial charge in [0.2, 0.25) is 6.79 Å². The van der Waals surface area contributed by atoms with E-state index in [-0.39, 0.29) is 6.79 Å². The second kappa shape index (κ2) is 3.67. The van der Waals surface area contributed by atoms with Crippen LogP contribution < -0.4 is 15.0 Å². The Bertz CT molecular complexity index is 549. The van der Waals surface area contributed by atoms with E-state index >= 15 is 0 Å². The Balaban J connectivity index is 2.05. The summed E-state index contributed by atoms with van der Waals surface area (Å²) in [5.41, 5.74) is 3.51. The number of aromatic nitrogens is 1. The molecule has 6 heteroatoms. The van der Waals surface area contributed by atoms with Gasteiger partial charge < -0.3 is 19.3 Å². The van der Waals surface area contributed by atoms with Crippen molar-refractivity contribution in [2.45, 2.75) is 0 Å². The van der Waals surface area contributed by atoms with Crippen LogP contribution in [0.3, 0.4) is 0 Å². The zero-order chi connectivity index (χ0) is 11.8. The van der Waals surface area contributed by atoms with Gasteiger partial charge in [0.25, 0.3) is 0 Å². The average molecular weight is 234 g/mol. The van der Waals surface area contributed by atoms with Gasteiger partial charge in [-0.05, 0) is 12.1 Å². The largest absolute Gasteiger partial charge is 0.454 e. The lowest BCUT2D eigenvalue weighted by Gasteiger charge is -1.97. The molecule has 0 fully saturated rings. The lowest BCUT2D eigenvalue weighted by molar-refractivity contribution is 0.0304. The van der Waals surface area contributed by atoms with Crippen LogP contribution >= 0.6 is 0 Å². The van der Waals surface area contributed by atoms with Crippen LogP contribution in [0.4, 0.5) is 0 Å². The predicted molar refractivity (Wildman–Crippen MR) is 58.9 cm³/mol. The first-order valence-electron chi connectivity index (χ1n) is 5.08. The first kappa shape index (κ1) is 9.98. The Morgan fingerprint density at radius 1 is 1.35 bits per heavy atom. The van der Waals surface area contributed by atoms with Gasteiger partial charge in [0.1, 0.15) is 5.69 Å². The van der Waals surface area contributed by atoms with Crippen molar-refractivity contribution >= 4 is 16.9 Å². The van der Waals surface area contributed by atoms with Crippen LogP contribution in [0.15, 0.2) is 18.2 Å². The van der Waals surface area contributed by atoms with E-state index in [4.69, 9.17) is 9.47 Å². The summed E-state index contributed by atoms with van der Waals surface area (Å²) in [7, 11) is 1.52. The minimum Gasteiger partial charge on any atom is -0.454 e. The van der Waals surface area contributed by atoms with Gasteiger partial charge in [0.15, 0.2) is 11.5 Å². The van der Waals surface area contributed by atoms with Crippen molar-refractivity contribution in [1.82, 2.24) is 10.5 Å². The number of carbonyl (C=O) groups is 1. The maximum absolute atomic E-state index is 11.5. The molecule has 0 spiro atoms. The number of benzene rings is 1. The highest BCUT2D eigenvalue weighted by atomic mass is 16.7. The van der Waals surface area contributed by atoms with E-state index in [1.807, 2.05) is 6.07 Å². The summed E-state index contributed by atoms with van der Waals surface area (Å²) in [6, 6.07) is 5.33. The summed E-state index contributed by atoms with van der Waals surface area (Å²) < 4.78 is 10.5. The molecule has 88 valence electrons. The van der Waals surface area contributed by atoms with E-state index < -0.39 is 5.97 Å². The van der Waals surface area contributed by atoms with Crippen molar-refractivity contribution in [3.05, 3.63) is 23.9 Å². The third-order valence-corrected chi connectivity index (χ3v) is 2.53. The maximum atomic E-state index is 11.5. The van der Waals surface area contributed by atoms with Gasteiger partial charge >= 0.3 is 5.97 Å². The standard InChI is InChI=1S/C11H10N2O4/c1-12-17-11(14)8-2-6-3-9-10(16-5-15-9)4-7(6)13-8/h2-4,12-13H,5H2,1H3. The fourth-order valence-electron chi connectivity index (χ4n) is 1.78. The first-order chi connectivity index (χ1) is 8.28. The number of nitrogens with one attached hydrogen (secondary N) is 2. The van der Waals surface area contributed by atoms with Gasteiger partial charge in [-0.2, -0.15) is 5.48 Å². The summed E-state index contributed by atoms with van der Waals surface area (Å²) in [6.45, 7) is 0.233. The molecule has 0 bridgehead atoms. The molecule has 1 aliphatic heterocycles. The SMILES string of the molecule is CNOC(=O)c1cc2cc3c(cc2[nH]1)OCO3. The van der Waals surface area contributed by atoms with Crippen molar-refractivity contribution in [2.24, 2.45) is 0 Å². The number of hydrogen-bond donors (Lipinski definition) is 2. The third kappa shape index (κ3) is 1.58. The van der Waals surface area contributed by atoms with Crippen molar-refractivity contribution in [3.63, 3.8) is 0 Å². The molecule has 2 heterocycles. The number of ether oxygens (including phenoxy) is 2. The normalized spacial score (nSPS) is 13.0. The van der Waals surface area contributed by atoms with E-state index in [1.165, 1.54) is 7.05 Å². The van der Waals surface area contributed by atoms with E-state index in [1.54, 1.807) is 12.1 Å². The lowest BCUT2D eigenvalue weighted by atomic mass is 10.2. The molecule has 0 unspecified atom stereocenters. The van der Waals surface area contributed by atoms with Gasteiger partial charge in [-0.1, -0.05) is 0 Å². The average Bonchev–Trinajstić information content (AvgIpc) is 2.90. The van der Waals surface area contributed by atoms with Crippen LogP contribution in [0.2, 0.25) is 0 Å². The fraction of sp³-hybridized carbons (Fsp3) is 0.182. The minimum atomic E-state index is -0.467. The third-order valence-electron chi connectivity index (χ3n) is 2.53. The number of rotatable bonds is 2. The molecule has 0 radical (unpaired) electrons. The van der Waals surface area contributed by atoms with Gasteiger partial charge in [-0.3, -0.25) is 0 Å². The number of H-pyrrole nitrogens is 1. The molecule has 1 aromatic heterocycles. The molecule has 2 N–H and O–H groups in total. The van der Waals surface area contributed by atoms with E-state index in [2.05, 4.69) is 15.3 Å². The van der Waals surface area contributed by atoms with E-state index in [9.17, 15) is 4.79 Å². The van der Waals surface area contributed by atoms with Crippen molar-refractivity contribution in [3.8, 4) is 11.5 Å². The van der Waals surface area contributed by atoms with Crippen LogP contribution in [0, 0.1) is 0 Å². The number of carbonyl (C=O) groups excluding carboxylic acids is 1. The molecule has 3 rings (SSSR count). The van der Waals surface area contributed by atoms with Crippen LogP contribution in [0.1, 0.15) is 10.5 Å². The molecule has 0 atom stereocenters. The zero-order valence-electron chi connectivity index (χ0n) is 9.07. The fourth-order valence-corrected chi connectivity index (χ4v) is 1.78. The Labute approximate surface area is 96.4 Å². The monoisotopic (exact) mass is 234 g/mol. The molecule has 1 aliphatic rings. The Kier molecular flexibility index (Phi) is 2.15. The smallest absolute Gasteiger partial charge is 0.373 e. The number of hydrogen-bond acceptors (Lipinski definition) is 5. The molecule has 0 aliphatic carbocycles. The number of aromatic amines is 1. The Morgan fingerprint density at radius 2 is 2.12 bits per heavy atom. The second-order valence-electron chi connectivity index (χ2n) is 3.57. The van der Waals surface area contributed by atoms with Gasteiger partial charge in [-0.15, -0.1) is 0 Å². The molecular weight excluding hydrogens is 224 g/mol. The minimum absolute atomic E-state index is 0.233. The molecule has 0 amide bonds. The van der Waals surface area contributed by atoms with Crippen molar-refractivity contribution < 1.29 is 19.1 Å². The van der Waals surface area contributed by atoms with Crippen LogP contribution in [-0.2, 0) is 4.84 Å². The zero-order valence-corrected chi connectivity index (χ0v) is 9.07. The molecule has 0 saturated heterocycles. The van der Waals surface area contributed by atoms with E-state index in [0.29, 0.717) is 17.2 Å². The molecule has 6 nitrogen and oxygen atoms in total. The summed E-state index contributed by atoms with van der Waals surface area (Å²) in [5, 5.41) is 0.873. The van der Waals surface area contributed by atoms with Gasteiger partial charge in [0.05, 0.1) is 5.52 Å². The maximum Gasteiger partial charge on any atom is 0.373 e.